The van der Waals surface area contributed by atoms with E-state index in [1.165, 1.54) is 0 Å². The molecule has 1 amide bonds. The minimum absolute atomic E-state index is 0.0688. The molecule has 1 atom stereocenters. The monoisotopic (exact) mass is 354 g/mol. The van der Waals surface area contributed by atoms with Gasteiger partial charge in [-0.25, -0.2) is 0 Å². The SMILES string of the molecule is CNC(C)Cc1noc(C2CCC(NC(=O)COCCOC)CC2)n1. The highest BCUT2D eigenvalue weighted by atomic mass is 16.5. The number of carbonyl (C=O) groups is 1. The molecule has 1 unspecified atom stereocenters. The number of methoxy groups -OCH3 is 1. The Bertz CT molecular complexity index is 515. The van der Waals surface area contributed by atoms with E-state index in [0.717, 1.165) is 43.8 Å². The van der Waals surface area contributed by atoms with Crippen molar-refractivity contribution in [2.45, 2.75) is 57.0 Å². The predicted molar refractivity (Wildman–Crippen MR) is 92.4 cm³/mol. The van der Waals surface area contributed by atoms with E-state index in [4.69, 9.17) is 14.0 Å². The number of hydrogen-bond donors (Lipinski definition) is 2. The average Bonchev–Trinajstić information content (AvgIpc) is 3.07. The molecule has 0 aromatic carbocycles. The Morgan fingerprint density at radius 2 is 2.08 bits per heavy atom. The van der Waals surface area contributed by atoms with Gasteiger partial charge in [0.15, 0.2) is 5.82 Å². The zero-order chi connectivity index (χ0) is 18.1. The van der Waals surface area contributed by atoms with Crippen LogP contribution in [0.15, 0.2) is 4.52 Å². The molecular formula is C17H30N4O4. The molecule has 2 rings (SSSR count). The lowest BCUT2D eigenvalue weighted by molar-refractivity contribution is -0.127. The second kappa shape index (κ2) is 10.5. The molecule has 1 aliphatic rings. The van der Waals surface area contributed by atoms with Crippen molar-refractivity contribution in [3.63, 3.8) is 0 Å². The maximum atomic E-state index is 11.8. The molecule has 1 aromatic heterocycles. The van der Waals surface area contributed by atoms with Crippen LogP contribution < -0.4 is 10.6 Å². The molecule has 142 valence electrons. The summed E-state index contributed by atoms with van der Waals surface area (Å²) in [5.41, 5.74) is 0. The van der Waals surface area contributed by atoms with E-state index < -0.39 is 0 Å². The molecule has 0 saturated heterocycles. The van der Waals surface area contributed by atoms with Crippen LogP contribution in [-0.4, -0.2) is 62.1 Å². The van der Waals surface area contributed by atoms with Crippen molar-refractivity contribution in [3.8, 4) is 0 Å². The van der Waals surface area contributed by atoms with Gasteiger partial charge >= 0.3 is 0 Å². The maximum Gasteiger partial charge on any atom is 0.246 e. The third-order valence-corrected chi connectivity index (χ3v) is 4.57. The number of nitrogens with one attached hydrogen (secondary N) is 2. The van der Waals surface area contributed by atoms with Crippen LogP contribution in [0.4, 0.5) is 0 Å². The minimum atomic E-state index is -0.0688. The van der Waals surface area contributed by atoms with Crippen LogP contribution in [0.5, 0.6) is 0 Å². The minimum Gasteiger partial charge on any atom is -0.382 e. The van der Waals surface area contributed by atoms with Crippen molar-refractivity contribution in [1.29, 1.82) is 0 Å². The lowest BCUT2D eigenvalue weighted by Gasteiger charge is -2.27. The van der Waals surface area contributed by atoms with E-state index in [9.17, 15) is 4.79 Å². The number of amides is 1. The molecule has 1 aromatic rings. The van der Waals surface area contributed by atoms with Crippen molar-refractivity contribution in [1.82, 2.24) is 20.8 Å². The van der Waals surface area contributed by atoms with E-state index in [-0.39, 0.29) is 24.5 Å². The lowest BCUT2D eigenvalue weighted by Crippen LogP contribution is -2.39. The summed E-state index contributed by atoms with van der Waals surface area (Å²) >= 11 is 0. The van der Waals surface area contributed by atoms with Gasteiger partial charge < -0.3 is 24.6 Å². The highest BCUT2D eigenvalue weighted by molar-refractivity contribution is 5.77. The molecule has 1 saturated carbocycles. The molecule has 0 bridgehead atoms. The van der Waals surface area contributed by atoms with Gasteiger partial charge in [0.05, 0.1) is 13.2 Å². The molecule has 8 nitrogen and oxygen atoms in total. The first-order valence-corrected chi connectivity index (χ1v) is 8.98. The Morgan fingerprint density at radius 1 is 1.32 bits per heavy atom. The summed E-state index contributed by atoms with van der Waals surface area (Å²) in [5.74, 6) is 1.70. The fraction of sp³-hybridized carbons (Fsp3) is 0.824. The Labute approximate surface area is 149 Å². The van der Waals surface area contributed by atoms with Crippen LogP contribution in [0, 0.1) is 0 Å². The van der Waals surface area contributed by atoms with Gasteiger partial charge in [0, 0.05) is 31.5 Å². The maximum absolute atomic E-state index is 11.8. The number of nitrogens with zero attached hydrogens (tertiary/aromatic N) is 2. The van der Waals surface area contributed by atoms with E-state index in [1.54, 1.807) is 7.11 Å². The fourth-order valence-corrected chi connectivity index (χ4v) is 2.95. The van der Waals surface area contributed by atoms with E-state index >= 15 is 0 Å². The summed E-state index contributed by atoms with van der Waals surface area (Å²) < 4.78 is 15.5. The van der Waals surface area contributed by atoms with Gasteiger partial charge in [0.25, 0.3) is 0 Å². The van der Waals surface area contributed by atoms with Gasteiger partial charge in [-0.3, -0.25) is 4.79 Å². The van der Waals surface area contributed by atoms with Gasteiger partial charge in [-0.2, -0.15) is 4.98 Å². The van der Waals surface area contributed by atoms with Gasteiger partial charge in [0.2, 0.25) is 11.8 Å². The largest absolute Gasteiger partial charge is 0.382 e. The third-order valence-electron chi connectivity index (χ3n) is 4.57. The smallest absolute Gasteiger partial charge is 0.246 e. The van der Waals surface area contributed by atoms with Gasteiger partial charge in [-0.1, -0.05) is 5.16 Å². The predicted octanol–water partition coefficient (Wildman–Crippen LogP) is 1.03. The molecule has 1 aliphatic carbocycles. The van der Waals surface area contributed by atoms with Crippen molar-refractivity contribution in [2.75, 3.05) is 34.0 Å². The average molecular weight is 354 g/mol. The molecule has 1 heterocycles. The van der Waals surface area contributed by atoms with Crippen LogP contribution in [-0.2, 0) is 20.7 Å². The summed E-state index contributed by atoms with van der Waals surface area (Å²) in [4.78, 5) is 16.4. The molecule has 0 radical (unpaired) electrons. The first kappa shape index (κ1) is 19.8. The van der Waals surface area contributed by atoms with Crippen molar-refractivity contribution >= 4 is 5.91 Å². The van der Waals surface area contributed by atoms with E-state index in [0.29, 0.717) is 19.3 Å². The number of ether oxygens (including phenoxy) is 2. The van der Waals surface area contributed by atoms with Crippen LogP contribution in [0.25, 0.3) is 0 Å². The lowest BCUT2D eigenvalue weighted by atomic mass is 9.86. The van der Waals surface area contributed by atoms with Gasteiger partial charge in [0.1, 0.15) is 6.61 Å². The summed E-state index contributed by atoms with van der Waals surface area (Å²) in [6.45, 7) is 3.10. The molecule has 2 N–H and O–H groups in total. The Morgan fingerprint density at radius 3 is 2.76 bits per heavy atom. The highest BCUT2D eigenvalue weighted by Gasteiger charge is 2.27. The second-order valence-electron chi connectivity index (χ2n) is 6.60. The molecule has 25 heavy (non-hydrogen) atoms. The Kier molecular flexibility index (Phi) is 8.30. The number of likely N-dealkylation sites (N-methyl/N-ethyl adjacent to an activating group) is 1. The zero-order valence-corrected chi connectivity index (χ0v) is 15.4. The first-order valence-electron chi connectivity index (χ1n) is 8.98. The van der Waals surface area contributed by atoms with Gasteiger partial charge in [-0.05, 0) is 39.7 Å². The third kappa shape index (κ3) is 6.72. The van der Waals surface area contributed by atoms with Crippen molar-refractivity contribution < 1.29 is 18.8 Å². The quantitative estimate of drug-likeness (QED) is 0.605. The van der Waals surface area contributed by atoms with Crippen LogP contribution >= 0.6 is 0 Å². The standard InChI is InChI=1S/C17H30N4O4/c1-12(18-2)10-15-20-17(25-21-15)13-4-6-14(7-5-13)19-16(22)11-24-9-8-23-3/h12-14,18H,4-11H2,1-3H3,(H,19,22). The summed E-state index contributed by atoms with van der Waals surface area (Å²) in [6, 6.07) is 0.518. The molecular weight excluding hydrogens is 324 g/mol. The second-order valence-corrected chi connectivity index (χ2v) is 6.60. The molecule has 0 spiro atoms. The van der Waals surface area contributed by atoms with E-state index in [1.807, 2.05) is 7.05 Å². The molecule has 0 aliphatic heterocycles. The normalized spacial score (nSPS) is 21.9. The van der Waals surface area contributed by atoms with Crippen LogP contribution in [0.1, 0.15) is 50.2 Å². The summed E-state index contributed by atoms with van der Waals surface area (Å²) in [7, 11) is 3.53. The summed E-state index contributed by atoms with van der Waals surface area (Å²) in [6.07, 6.45) is 4.48. The van der Waals surface area contributed by atoms with Crippen molar-refractivity contribution in [2.24, 2.45) is 0 Å². The first-order chi connectivity index (χ1) is 12.1. The topological polar surface area (TPSA) is 98.5 Å². The van der Waals surface area contributed by atoms with Crippen molar-refractivity contribution in [3.05, 3.63) is 11.7 Å². The molecule has 1 fully saturated rings. The van der Waals surface area contributed by atoms with Gasteiger partial charge in [-0.15, -0.1) is 0 Å². The number of carbonyl (C=O) groups excluding carboxylic acids is 1. The number of aromatic nitrogens is 2. The highest BCUT2D eigenvalue weighted by Crippen LogP contribution is 2.32. The number of hydrogen-bond acceptors (Lipinski definition) is 7. The summed E-state index contributed by atoms with van der Waals surface area (Å²) in [5, 5.41) is 10.3. The number of rotatable bonds is 10. The van der Waals surface area contributed by atoms with Crippen LogP contribution in [0.3, 0.4) is 0 Å². The Balaban J connectivity index is 1.70. The Hall–Kier alpha value is -1.51. The van der Waals surface area contributed by atoms with Crippen LogP contribution in [0.2, 0.25) is 0 Å². The zero-order valence-electron chi connectivity index (χ0n) is 15.4. The fourth-order valence-electron chi connectivity index (χ4n) is 2.95. The van der Waals surface area contributed by atoms with E-state index in [2.05, 4.69) is 27.7 Å². The molecule has 8 heteroatoms.